The number of esters is 5. The molecule has 0 aromatic rings. The van der Waals surface area contributed by atoms with Gasteiger partial charge in [-0.25, -0.2) is 9.59 Å². The van der Waals surface area contributed by atoms with E-state index in [1.807, 2.05) is 69.2 Å². The Morgan fingerprint density at radius 1 is 0.559 bits per heavy atom. The Balaban J connectivity index is 0.000000247. The van der Waals surface area contributed by atoms with Crippen LogP contribution in [-0.2, 0) is 52.4 Å². The van der Waals surface area contributed by atoms with Gasteiger partial charge in [-0.15, -0.1) is 0 Å². The first-order valence-corrected chi connectivity index (χ1v) is 22.6. The quantitative estimate of drug-likeness (QED) is 0.0884. The molecule has 7 rings (SSSR count). The van der Waals surface area contributed by atoms with Gasteiger partial charge in [0.15, 0.2) is 13.2 Å². The highest BCUT2D eigenvalue weighted by Crippen LogP contribution is 2.73. The van der Waals surface area contributed by atoms with Crippen LogP contribution in [0.1, 0.15) is 175 Å². The second kappa shape index (κ2) is 19.1. The first-order valence-electron chi connectivity index (χ1n) is 22.6. The molecule has 0 saturated heterocycles. The SMILES string of the molecule is CCC(C)(C)C(=O)OC(C)OC12CC3CC4C5CC(CC41)CC2C5C3.CCC(C)(C)C(=O)OCC(=O)OC(C)(C)C.CCC(C)(C)C(=O)OCC(=O)OC(C)(C)C(C)C. The average molecular weight is 835 g/mol. The molecule has 0 N–H and O–H groups in total. The maximum atomic E-state index is 12.5. The third-order valence-corrected chi connectivity index (χ3v) is 14.8. The van der Waals surface area contributed by atoms with Crippen LogP contribution >= 0.6 is 0 Å². The lowest BCUT2D eigenvalue weighted by Gasteiger charge is -2.74. The van der Waals surface area contributed by atoms with Gasteiger partial charge in [0.05, 0.1) is 21.8 Å². The molecule has 0 radical (unpaired) electrons. The molecule has 0 amide bonds. The van der Waals surface area contributed by atoms with Gasteiger partial charge in [-0.05, 0) is 188 Å². The third-order valence-electron chi connectivity index (χ3n) is 14.8. The van der Waals surface area contributed by atoms with E-state index < -0.39 is 45.7 Å². The van der Waals surface area contributed by atoms with Gasteiger partial charge in [-0.1, -0.05) is 34.6 Å². The monoisotopic (exact) mass is 835 g/mol. The van der Waals surface area contributed by atoms with Crippen LogP contribution in [0.15, 0.2) is 0 Å². The van der Waals surface area contributed by atoms with Crippen molar-refractivity contribution in [2.24, 2.45) is 63.6 Å². The van der Waals surface area contributed by atoms with Gasteiger partial charge in [0.25, 0.3) is 0 Å². The van der Waals surface area contributed by atoms with Crippen molar-refractivity contribution < 1.29 is 52.4 Å². The second-order valence-electron chi connectivity index (χ2n) is 22.0. The van der Waals surface area contributed by atoms with Crippen LogP contribution < -0.4 is 0 Å². The molecule has 5 unspecified atom stereocenters. The van der Waals surface area contributed by atoms with Crippen LogP contribution in [0.2, 0.25) is 0 Å². The largest absolute Gasteiger partial charge is 0.457 e. The van der Waals surface area contributed by atoms with Crippen LogP contribution in [-0.4, -0.2) is 66.2 Å². The number of hydrogen-bond donors (Lipinski definition) is 0. The lowest BCUT2D eigenvalue weighted by molar-refractivity contribution is -0.338. The molecule has 8 bridgehead atoms. The molecule has 7 saturated carbocycles. The molecule has 7 fully saturated rings. The minimum atomic E-state index is -0.562. The van der Waals surface area contributed by atoms with Crippen molar-refractivity contribution in [1.82, 2.24) is 0 Å². The summed E-state index contributed by atoms with van der Waals surface area (Å²) >= 11 is 0. The summed E-state index contributed by atoms with van der Waals surface area (Å²) in [6.45, 7) is 31.2. The zero-order valence-electron chi connectivity index (χ0n) is 40.0. The maximum Gasteiger partial charge on any atom is 0.344 e. The molecule has 7 aliphatic rings. The summed E-state index contributed by atoms with van der Waals surface area (Å²) in [4.78, 5) is 58.6. The highest BCUT2D eigenvalue weighted by molar-refractivity contribution is 5.80. The molecule has 340 valence electrons. The zero-order valence-corrected chi connectivity index (χ0v) is 40.0. The van der Waals surface area contributed by atoms with Crippen LogP contribution in [0.4, 0.5) is 0 Å². The minimum absolute atomic E-state index is 0.0278. The van der Waals surface area contributed by atoms with Gasteiger partial charge in [0.1, 0.15) is 11.2 Å². The summed E-state index contributed by atoms with van der Waals surface area (Å²) < 4.78 is 32.7. The van der Waals surface area contributed by atoms with E-state index >= 15 is 0 Å². The lowest BCUT2D eigenvalue weighted by Crippen LogP contribution is -2.72. The predicted molar refractivity (Wildman–Crippen MR) is 226 cm³/mol. The van der Waals surface area contributed by atoms with Gasteiger partial charge in [0, 0.05) is 0 Å². The summed E-state index contributed by atoms with van der Waals surface area (Å²) in [5, 5.41) is 0. The molecule has 59 heavy (non-hydrogen) atoms. The Labute approximate surface area is 356 Å². The van der Waals surface area contributed by atoms with Crippen molar-refractivity contribution in [3.05, 3.63) is 0 Å². The summed E-state index contributed by atoms with van der Waals surface area (Å²) in [5.41, 5.74) is -2.61. The van der Waals surface area contributed by atoms with Crippen molar-refractivity contribution in [2.45, 2.75) is 199 Å². The molecule has 11 nitrogen and oxygen atoms in total. The third kappa shape index (κ3) is 12.5. The van der Waals surface area contributed by atoms with Crippen LogP contribution in [0, 0.1) is 63.6 Å². The molecule has 5 atom stereocenters. The van der Waals surface area contributed by atoms with E-state index in [9.17, 15) is 24.0 Å². The fourth-order valence-electron chi connectivity index (χ4n) is 9.62. The normalized spacial score (nSPS) is 28.4. The molecule has 7 aliphatic carbocycles. The molecule has 0 aliphatic heterocycles. The minimum Gasteiger partial charge on any atom is -0.457 e. The topological polar surface area (TPSA) is 141 Å². The Bertz CT molecular complexity index is 1460. The molecule has 0 spiro atoms. The lowest BCUT2D eigenvalue weighted by atomic mass is 9.34. The Kier molecular flexibility index (Phi) is 16.4. The summed E-state index contributed by atoms with van der Waals surface area (Å²) in [6, 6.07) is 0. The van der Waals surface area contributed by atoms with Crippen LogP contribution in [0.3, 0.4) is 0 Å². The first-order chi connectivity index (χ1) is 26.9. The number of carbonyl (C=O) groups is 5. The Morgan fingerprint density at radius 3 is 1.37 bits per heavy atom. The van der Waals surface area contributed by atoms with Gasteiger partial charge in [0.2, 0.25) is 6.29 Å². The van der Waals surface area contributed by atoms with Crippen molar-refractivity contribution in [2.75, 3.05) is 13.2 Å². The Morgan fingerprint density at radius 2 is 0.966 bits per heavy atom. The van der Waals surface area contributed by atoms with Crippen LogP contribution in [0.5, 0.6) is 0 Å². The van der Waals surface area contributed by atoms with E-state index in [2.05, 4.69) is 0 Å². The maximum absolute atomic E-state index is 12.5. The highest BCUT2D eigenvalue weighted by atomic mass is 16.7. The number of hydrogen-bond acceptors (Lipinski definition) is 11. The van der Waals surface area contributed by atoms with E-state index in [1.165, 1.54) is 38.5 Å². The summed E-state index contributed by atoms with van der Waals surface area (Å²) in [5.74, 6) is 4.41. The standard InChI is InChI=1S/C22H34O3.C14H26O4.C12H22O4/c1-5-21(3,4)20(23)24-12(2)25-22-11-14-7-16-15-6-13(9-18(16)22)10-19(22)17(15)8-14;1-8-13(4,5)12(16)17-9-11(15)18-14(6,7)10(2)3;1-7-12(5,6)10(14)15-8-9(13)16-11(2,3)4/h12-19H,5-11H2,1-4H3;10H,8-9H2,1-7H3;7-8H2,1-6H3. The van der Waals surface area contributed by atoms with E-state index in [-0.39, 0.29) is 42.6 Å². The van der Waals surface area contributed by atoms with Crippen molar-refractivity contribution in [1.29, 1.82) is 0 Å². The molecular weight excluding hydrogens is 753 g/mol. The molecule has 0 aromatic carbocycles. The van der Waals surface area contributed by atoms with Crippen LogP contribution in [0.25, 0.3) is 0 Å². The van der Waals surface area contributed by atoms with Crippen molar-refractivity contribution in [3.8, 4) is 0 Å². The van der Waals surface area contributed by atoms with E-state index in [0.29, 0.717) is 12.8 Å². The van der Waals surface area contributed by atoms with Gasteiger partial charge in [-0.2, -0.15) is 0 Å². The van der Waals surface area contributed by atoms with E-state index in [0.717, 1.165) is 47.8 Å². The highest BCUT2D eigenvalue weighted by Gasteiger charge is 2.71. The van der Waals surface area contributed by atoms with Crippen molar-refractivity contribution in [3.63, 3.8) is 0 Å². The molecule has 0 aromatic heterocycles. The Hall–Kier alpha value is -2.69. The fraction of sp³-hybridized carbons (Fsp3) is 0.896. The summed E-state index contributed by atoms with van der Waals surface area (Å²) in [7, 11) is 0. The molecular formula is C48H82O11. The molecule has 0 heterocycles. The summed E-state index contributed by atoms with van der Waals surface area (Å²) in [6.07, 6.45) is 10.1. The first kappa shape index (κ1) is 50.7. The number of carbonyl (C=O) groups excluding carboxylic acids is 5. The van der Waals surface area contributed by atoms with Gasteiger partial charge < -0.3 is 28.4 Å². The predicted octanol–water partition coefficient (Wildman–Crippen LogP) is 10.0. The van der Waals surface area contributed by atoms with E-state index in [4.69, 9.17) is 28.4 Å². The smallest absolute Gasteiger partial charge is 0.344 e. The average Bonchev–Trinajstić information content (AvgIpc) is 3.14. The number of ether oxygens (including phenoxy) is 6. The van der Waals surface area contributed by atoms with Crippen molar-refractivity contribution >= 4 is 29.8 Å². The van der Waals surface area contributed by atoms with Gasteiger partial charge >= 0.3 is 29.8 Å². The number of rotatable bonds is 15. The fourth-order valence-corrected chi connectivity index (χ4v) is 9.62. The second-order valence-corrected chi connectivity index (χ2v) is 22.0. The molecule has 11 heteroatoms. The zero-order chi connectivity index (χ0) is 45.1. The van der Waals surface area contributed by atoms with Gasteiger partial charge in [-0.3, -0.25) is 14.4 Å². The van der Waals surface area contributed by atoms with E-state index in [1.54, 1.807) is 48.5 Å².